The van der Waals surface area contributed by atoms with Crippen LogP contribution in [0.15, 0.2) is 36.5 Å². The molecule has 6 heteroatoms. The molecule has 1 aliphatic carbocycles. The van der Waals surface area contributed by atoms with E-state index < -0.39 is 5.54 Å². The van der Waals surface area contributed by atoms with E-state index >= 15 is 0 Å². The molecule has 1 saturated carbocycles. The molecule has 2 aliphatic rings. The highest BCUT2D eigenvalue weighted by atomic mass is 16.2. The molecule has 0 bridgehead atoms. The number of carbonyl (C=O) groups is 3. The van der Waals surface area contributed by atoms with Crippen molar-refractivity contribution < 1.29 is 14.4 Å². The van der Waals surface area contributed by atoms with Gasteiger partial charge in [-0.1, -0.05) is 18.2 Å². The highest BCUT2D eigenvalue weighted by Crippen LogP contribution is 2.33. The lowest BCUT2D eigenvalue weighted by molar-refractivity contribution is -0.134. The summed E-state index contributed by atoms with van der Waals surface area (Å²) in [6.45, 7) is 0.193. The van der Waals surface area contributed by atoms with Crippen molar-refractivity contribution in [1.82, 2.24) is 15.2 Å². The molecular formula is C18H17N3O3. The molecule has 1 N–H and O–H groups in total. The van der Waals surface area contributed by atoms with Crippen LogP contribution in [0.2, 0.25) is 0 Å². The summed E-state index contributed by atoms with van der Waals surface area (Å²) in [7, 11) is 0. The van der Waals surface area contributed by atoms with Gasteiger partial charge in [-0.05, 0) is 30.5 Å². The van der Waals surface area contributed by atoms with Crippen LogP contribution in [0.5, 0.6) is 0 Å². The monoisotopic (exact) mass is 323 g/mol. The fourth-order valence-corrected chi connectivity index (χ4v) is 3.50. The van der Waals surface area contributed by atoms with Gasteiger partial charge < -0.3 is 5.32 Å². The first-order valence-corrected chi connectivity index (χ1v) is 8.07. The van der Waals surface area contributed by atoms with Crippen molar-refractivity contribution in [2.75, 3.05) is 0 Å². The predicted molar refractivity (Wildman–Crippen MR) is 87.0 cm³/mol. The zero-order chi connectivity index (χ0) is 16.7. The van der Waals surface area contributed by atoms with E-state index in [0.717, 1.165) is 16.5 Å². The van der Waals surface area contributed by atoms with Crippen LogP contribution < -0.4 is 5.32 Å². The second kappa shape index (κ2) is 5.40. The standard InChI is InChI=1S/C18H17N3O3/c22-14-5-7-18(8-6-14)16(23)21(17(24)20-18)11-12-9-13-3-1-2-4-15(13)19-10-12/h1-4,9-10H,5-8,11H2,(H,20,24). The Hall–Kier alpha value is -2.76. The number of amides is 3. The molecule has 1 spiro atoms. The van der Waals surface area contributed by atoms with Crippen LogP contribution in [-0.2, 0) is 16.1 Å². The number of carbonyl (C=O) groups excluding carboxylic acids is 3. The van der Waals surface area contributed by atoms with Crippen molar-refractivity contribution in [1.29, 1.82) is 0 Å². The molecule has 24 heavy (non-hydrogen) atoms. The molecule has 2 heterocycles. The molecule has 2 aromatic rings. The average molecular weight is 323 g/mol. The highest BCUT2D eigenvalue weighted by Gasteiger charge is 2.52. The van der Waals surface area contributed by atoms with Crippen molar-refractivity contribution >= 4 is 28.6 Å². The molecule has 1 aromatic carbocycles. The van der Waals surface area contributed by atoms with Crippen LogP contribution in [0, 0.1) is 0 Å². The van der Waals surface area contributed by atoms with Crippen LogP contribution in [0.4, 0.5) is 4.79 Å². The molecule has 1 aromatic heterocycles. The summed E-state index contributed by atoms with van der Waals surface area (Å²) in [5.74, 6) is -0.0759. The molecule has 1 saturated heterocycles. The first kappa shape index (κ1) is 14.8. The normalized spacial score (nSPS) is 20.0. The quantitative estimate of drug-likeness (QED) is 0.859. The smallest absolute Gasteiger partial charge is 0.323 e. The maximum Gasteiger partial charge on any atom is 0.325 e. The number of fused-ring (bicyclic) bond motifs is 1. The Bertz CT molecular complexity index is 851. The lowest BCUT2D eigenvalue weighted by Crippen LogP contribution is -2.49. The molecule has 0 radical (unpaired) electrons. The molecular weight excluding hydrogens is 306 g/mol. The number of nitrogens with zero attached hydrogens (tertiary/aromatic N) is 2. The van der Waals surface area contributed by atoms with Crippen molar-refractivity contribution in [3.8, 4) is 0 Å². The van der Waals surface area contributed by atoms with Gasteiger partial charge in [-0.3, -0.25) is 19.5 Å². The van der Waals surface area contributed by atoms with E-state index in [1.54, 1.807) is 6.20 Å². The Morgan fingerprint density at radius 2 is 1.88 bits per heavy atom. The number of aromatic nitrogens is 1. The van der Waals surface area contributed by atoms with Gasteiger partial charge in [0.2, 0.25) is 0 Å². The minimum Gasteiger partial charge on any atom is -0.323 e. The Morgan fingerprint density at radius 3 is 2.67 bits per heavy atom. The molecule has 4 rings (SSSR count). The number of hydrogen-bond acceptors (Lipinski definition) is 4. The number of pyridine rings is 1. The summed E-state index contributed by atoms with van der Waals surface area (Å²) in [5, 5.41) is 3.78. The second-order valence-electron chi connectivity index (χ2n) is 6.48. The second-order valence-corrected chi connectivity index (χ2v) is 6.48. The zero-order valence-electron chi connectivity index (χ0n) is 13.1. The van der Waals surface area contributed by atoms with Crippen LogP contribution in [0.25, 0.3) is 10.9 Å². The number of imide groups is 1. The molecule has 2 fully saturated rings. The van der Waals surface area contributed by atoms with Gasteiger partial charge in [0.25, 0.3) is 5.91 Å². The summed E-state index contributed by atoms with van der Waals surface area (Å²) in [6, 6.07) is 9.27. The lowest BCUT2D eigenvalue weighted by Gasteiger charge is -2.29. The van der Waals surface area contributed by atoms with Crippen molar-refractivity contribution in [3.63, 3.8) is 0 Å². The molecule has 6 nitrogen and oxygen atoms in total. The van der Waals surface area contributed by atoms with E-state index in [0.29, 0.717) is 25.7 Å². The minimum atomic E-state index is -0.894. The van der Waals surface area contributed by atoms with Crippen LogP contribution in [0.3, 0.4) is 0 Å². The molecule has 1 aliphatic heterocycles. The number of hydrogen-bond donors (Lipinski definition) is 1. The topological polar surface area (TPSA) is 79.4 Å². The fraction of sp³-hybridized carbons (Fsp3) is 0.333. The maximum absolute atomic E-state index is 12.8. The Kier molecular flexibility index (Phi) is 3.33. The number of Topliss-reactive ketones (excluding diaryl/α,β-unsaturated/α-hetero) is 1. The van der Waals surface area contributed by atoms with Crippen molar-refractivity contribution in [3.05, 3.63) is 42.1 Å². The van der Waals surface area contributed by atoms with Gasteiger partial charge in [-0.25, -0.2) is 4.79 Å². The number of rotatable bonds is 2. The third kappa shape index (κ3) is 2.35. The SMILES string of the molecule is O=C1CCC2(CC1)NC(=O)N(Cc1cnc3ccccc3c1)C2=O. The summed E-state index contributed by atoms with van der Waals surface area (Å²) >= 11 is 0. The van der Waals surface area contributed by atoms with Gasteiger partial charge in [0.15, 0.2) is 0 Å². The van der Waals surface area contributed by atoms with Gasteiger partial charge in [0, 0.05) is 24.4 Å². The molecule has 0 atom stereocenters. The largest absolute Gasteiger partial charge is 0.325 e. The lowest BCUT2D eigenvalue weighted by atomic mass is 9.81. The van der Waals surface area contributed by atoms with Gasteiger partial charge in [-0.15, -0.1) is 0 Å². The van der Waals surface area contributed by atoms with Crippen molar-refractivity contribution in [2.24, 2.45) is 0 Å². The van der Waals surface area contributed by atoms with Gasteiger partial charge in [0.05, 0.1) is 12.1 Å². The number of nitrogens with one attached hydrogen (secondary N) is 1. The fourth-order valence-electron chi connectivity index (χ4n) is 3.50. The summed E-state index contributed by atoms with van der Waals surface area (Å²) in [6.07, 6.45) is 3.17. The van der Waals surface area contributed by atoms with Gasteiger partial charge in [-0.2, -0.15) is 0 Å². The summed E-state index contributed by atoms with van der Waals surface area (Å²) in [5.41, 5.74) is 0.789. The molecule has 0 unspecified atom stereocenters. The summed E-state index contributed by atoms with van der Waals surface area (Å²) < 4.78 is 0. The first-order chi connectivity index (χ1) is 11.6. The van der Waals surface area contributed by atoms with Gasteiger partial charge in [0.1, 0.15) is 11.3 Å². The van der Waals surface area contributed by atoms with Crippen LogP contribution >= 0.6 is 0 Å². The van der Waals surface area contributed by atoms with Crippen LogP contribution in [0.1, 0.15) is 31.2 Å². The number of benzene rings is 1. The van der Waals surface area contributed by atoms with Crippen molar-refractivity contribution in [2.45, 2.75) is 37.8 Å². The van der Waals surface area contributed by atoms with E-state index in [9.17, 15) is 14.4 Å². The highest BCUT2D eigenvalue weighted by molar-refractivity contribution is 6.07. The number of urea groups is 1. The number of ketones is 1. The van der Waals surface area contributed by atoms with E-state index in [1.165, 1.54) is 4.90 Å². The molecule has 122 valence electrons. The predicted octanol–water partition coefficient (Wildman–Crippen LogP) is 2.17. The average Bonchev–Trinajstić information content (AvgIpc) is 2.82. The third-order valence-corrected chi connectivity index (χ3v) is 4.89. The zero-order valence-corrected chi connectivity index (χ0v) is 13.1. The van der Waals surface area contributed by atoms with Gasteiger partial charge >= 0.3 is 6.03 Å². The van der Waals surface area contributed by atoms with Crippen LogP contribution in [-0.4, -0.2) is 33.1 Å². The van der Waals surface area contributed by atoms with E-state index in [1.807, 2.05) is 30.3 Å². The Labute approximate surface area is 138 Å². The van der Waals surface area contributed by atoms with E-state index in [-0.39, 0.29) is 24.3 Å². The van der Waals surface area contributed by atoms with E-state index in [4.69, 9.17) is 0 Å². The first-order valence-electron chi connectivity index (χ1n) is 8.07. The van der Waals surface area contributed by atoms with E-state index in [2.05, 4.69) is 10.3 Å². The minimum absolute atomic E-state index is 0.153. The summed E-state index contributed by atoms with van der Waals surface area (Å²) in [4.78, 5) is 42.1. The maximum atomic E-state index is 12.8. The molecule has 3 amide bonds. The Balaban J connectivity index is 1.58. The Morgan fingerprint density at radius 1 is 1.12 bits per heavy atom. The number of para-hydroxylation sites is 1. The third-order valence-electron chi connectivity index (χ3n) is 4.89.